The second-order valence-electron chi connectivity index (χ2n) is 33.1. The number of rotatable bonds is 58. The van der Waals surface area contributed by atoms with Gasteiger partial charge in [0.2, 0.25) is 0 Å². The first-order valence-electron chi connectivity index (χ1n) is 39.6. The van der Waals surface area contributed by atoms with E-state index < -0.39 is 24.4 Å². The Hall–Kier alpha value is -1.38. The highest BCUT2D eigenvalue weighted by molar-refractivity contribution is 5.73. The summed E-state index contributed by atoms with van der Waals surface area (Å²) in [6.07, 6.45) is 11.1. The van der Waals surface area contributed by atoms with E-state index in [1.54, 1.807) is 0 Å². The molecule has 1 fully saturated rings. The van der Waals surface area contributed by atoms with E-state index in [-0.39, 0.29) is 86.4 Å². The minimum absolute atomic E-state index is 0.0161. The molecule has 0 aromatic heterocycles. The average molecular weight is 1340 g/mol. The van der Waals surface area contributed by atoms with E-state index in [1.165, 1.54) is 38.5 Å². The van der Waals surface area contributed by atoms with Crippen LogP contribution in [-0.2, 0) is 57.0 Å². The number of unbranched alkanes of at least 4 members (excludes halogenated alkanes) is 8. The van der Waals surface area contributed by atoms with Crippen molar-refractivity contribution in [2.75, 3.05) is 92.5 Å². The van der Waals surface area contributed by atoms with Crippen LogP contribution in [0.5, 0.6) is 0 Å². The highest BCUT2D eigenvalue weighted by Gasteiger charge is 2.58. The van der Waals surface area contributed by atoms with Gasteiger partial charge in [0.25, 0.3) is 0 Å². The summed E-state index contributed by atoms with van der Waals surface area (Å²) in [5.41, 5.74) is 0. The molecule has 2 unspecified atom stereocenters. The van der Waals surface area contributed by atoms with E-state index in [0.29, 0.717) is 161 Å². The fraction of sp³-hybridized carbons (Fsp3) is 0.976. The Morgan fingerprint density at radius 2 is 0.681 bits per heavy atom. The molecule has 0 saturated carbocycles. The third-order valence-corrected chi connectivity index (χ3v) is 21.5. The fourth-order valence-electron chi connectivity index (χ4n) is 18.8. The molecular formula is C82H160O12. The first kappa shape index (κ1) is 90.6. The maximum absolute atomic E-state index is 16.9. The van der Waals surface area contributed by atoms with Crippen LogP contribution in [0.15, 0.2) is 0 Å². The summed E-state index contributed by atoms with van der Waals surface area (Å²) in [6.45, 7) is 70.5. The maximum Gasteiger partial charge on any atom is 0.309 e. The predicted octanol–water partition coefficient (Wildman–Crippen LogP) is 20.1. The lowest BCUT2D eigenvalue weighted by Crippen LogP contribution is -2.56. The standard InChI is InChI=1S/C82H160O12/c1-28-31-32-33-34-35-36-37-38-39-68(83)91-49-46-88-52-66(89-47-42-85-40-29-2)81-80(92-50-44-86-41-30-3)67(53-94-81)90-48-43-87-45-51-93-82(84)79(77(73(62(20)21)63(22)23)74(64(24)25)65(26)27)78(75(69(54(4)5)55(6)7)70(56(8)9)57(10)11)76(71(58(12)13)59(14)15)72(60(16)17)61(18)19/h54-67,69-81H,28-53H2,1-27H3/t66?,67-,79?,80+,81-/m1/s1. The zero-order valence-electron chi connectivity index (χ0n) is 66.9. The second kappa shape index (κ2) is 50.9. The third-order valence-electron chi connectivity index (χ3n) is 21.5. The van der Waals surface area contributed by atoms with Gasteiger partial charge in [0, 0.05) is 19.6 Å². The fourth-order valence-corrected chi connectivity index (χ4v) is 18.8. The summed E-state index contributed by atoms with van der Waals surface area (Å²) in [4.78, 5) is 29.5. The molecule has 1 heterocycles. The second-order valence-corrected chi connectivity index (χ2v) is 33.1. The van der Waals surface area contributed by atoms with Crippen molar-refractivity contribution in [3.63, 3.8) is 0 Å². The third kappa shape index (κ3) is 32.1. The molecule has 1 aliphatic heterocycles. The molecule has 0 amide bonds. The SMILES string of the molecule is CCCCCCCCCCCC(=O)OCCOCC(OCCOCCC)[C@H]1OC[C@@H](OCCOCCOC(=O)C(C(C(C(C)C)C(C)C)C(C(C)C)C(C)C)C(C(C(C(C)C)C(C)C)C(C(C)C)C(C)C)C(C(C(C)C)C(C)C)C(C(C)C)C(C)C)[C@@H]1OCCOCCC. The van der Waals surface area contributed by atoms with Gasteiger partial charge in [0.15, 0.2) is 0 Å². The summed E-state index contributed by atoms with van der Waals surface area (Å²) in [6, 6.07) is 0. The molecule has 0 radical (unpaired) electrons. The number of ether oxygens (including phenoxy) is 10. The molecule has 0 aliphatic carbocycles. The summed E-state index contributed by atoms with van der Waals surface area (Å²) in [5, 5.41) is 0. The zero-order valence-corrected chi connectivity index (χ0v) is 66.9. The van der Waals surface area contributed by atoms with E-state index in [4.69, 9.17) is 47.4 Å². The van der Waals surface area contributed by atoms with Gasteiger partial charge >= 0.3 is 11.9 Å². The molecule has 0 aromatic rings. The lowest BCUT2D eigenvalue weighted by molar-refractivity contribution is -0.173. The van der Waals surface area contributed by atoms with Crippen molar-refractivity contribution in [2.24, 2.45) is 136 Å². The minimum Gasteiger partial charge on any atom is -0.463 e. The molecule has 12 heteroatoms. The van der Waals surface area contributed by atoms with Gasteiger partial charge in [-0.15, -0.1) is 0 Å². The number of hydrogen-bond donors (Lipinski definition) is 0. The van der Waals surface area contributed by atoms with Crippen molar-refractivity contribution in [3.8, 4) is 0 Å². The summed E-state index contributed by atoms with van der Waals surface area (Å²) in [7, 11) is 0. The molecule has 12 nitrogen and oxygen atoms in total. The lowest BCUT2D eigenvalue weighted by atomic mass is 9.46. The molecule has 560 valence electrons. The van der Waals surface area contributed by atoms with E-state index in [1.807, 2.05) is 0 Å². The Morgan fingerprint density at radius 3 is 1.10 bits per heavy atom. The molecule has 1 aliphatic rings. The highest BCUT2D eigenvalue weighted by atomic mass is 16.6. The van der Waals surface area contributed by atoms with Gasteiger partial charge in [0.1, 0.15) is 37.6 Å². The van der Waals surface area contributed by atoms with Gasteiger partial charge in [-0.1, -0.05) is 238 Å². The molecule has 94 heavy (non-hydrogen) atoms. The smallest absolute Gasteiger partial charge is 0.309 e. The van der Waals surface area contributed by atoms with Crippen LogP contribution in [0.4, 0.5) is 0 Å². The topological polar surface area (TPSA) is 126 Å². The minimum atomic E-state index is -0.505. The summed E-state index contributed by atoms with van der Waals surface area (Å²) >= 11 is 0. The van der Waals surface area contributed by atoms with Crippen molar-refractivity contribution in [3.05, 3.63) is 0 Å². The van der Waals surface area contributed by atoms with Crippen LogP contribution in [0.25, 0.3) is 0 Å². The van der Waals surface area contributed by atoms with Gasteiger partial charge in [0.05, 0.1) is 72.0 Å². The van der Waals surface area contributed by atoms with Crippen molar-refractivity contribution in [2.45, 2.75) is 288 Å². The monoisotopic (exact) mass is 1340 g/mol. The van der Waals surface area contributed by atoms with E-state index in [0.717, 1.165) is 32.1 Å². The predicted molar refractivity (Wildman–Crippen MR) is 393 cm³/mol. The quantitative estimate of drug-likeness (QED) is 0.0425. The van der Waals surface area contributed by atoms with Crippen LogP contribution in [0.3, 0.4) is 0 Å². The van der Waals surface area contributed by atoms with Gasteiger partial charge in [-0.25, -0.2) is 0 Å². The number of esters is 2. The van der Waals surface area contributed by atoms with Crippen LogP contribution < -0.4 is 0 Å². The lowest BCUT2D eigenvalue weighted by Gasteiger charge is -2.58. The van der Waals surface area contributed by atoms with Crippen molar-refractivity contribution in [1.29, 1.82) is 0 Å². The highest BCUT2D eigenvalue weighted by Crippen LogP contribution is 2.59. The first-order valence-corrected chi connectivity index (χ1v) is 39.6. The largest absolute Gasteiger partial charge is 0.463 e. The number of hydrogen-bond acceptors (Lipinski definition) is 12. The van der Waals surface area contributed by atoms with E-state index >= 15 is 4.79 Å². The van der Waals surface area contributed by atoms with Crippen molar-refractivity contribution in [1.82, 2.24) is 0 Å². The molecule has 1 rings (SSSR count). The van der Waals surface area contributed by atoms with Gasteiger partial charge < -0.3 is 47.4 Å². The number of carbonyl (C=O) groups excluding carboxylic acids is 2. The van der Waals surface area contributed by atoms with Crippen LogP contribution >= 0.6 is 0 Å². The van der Waals surface area contributed by atoms with Crippen molar-refractivity contribution < 1.29 is 57.0 Å². The van der Waals surface area contributed by atoms with Gasteiger partial charge in [-0.05, 0) is 149 Å². The van der Waals surface area contributed by atoms with E-state index in [9.17, 15) is 4.79 Å². The zero-order chi connectivity index (χ0) is 71.2. The molecule has 0 aromatic carbocycles. The molecule has 0 bridgehead atoms. The normalized spacial score (nSPS) is 17.0. The van der Waals surface area contributed by atoms with Crippen LogP contribution in [0.1, 0.15) is 264 Å². The Labute approximate surface area is 583 Å². The molecule has 5 atom stereocenters. The molecular weight excluding hydrogens is 1180 g/mol. The summed E-state index contributed by atoms with van der Waals surface area (Å²) < 4.78 is 63.2. The molecule has 0 spiro atoms. The Balaban J connectivity index is 3.85. The van der Waals surface area contributed by atoms with Crippen molar-refractivity contribution >= 4 is 11.9 Å². The molecule has 0 N–H and O–H groups in total. The average Bonchev–Trinajstić information content (AvgIpc) is 0.851. The summed E-state index contributed by atoms with van der Waals surface area (Å²) in [5.74, 6) is 6.97. The van der Waals surface area contributed by atoms with Crippen LogP contribution in [0.2, 0.25) is 0 Å². The Bertz CT molecular complexity index is 1680. The number of carbonyl (C=O) groups is 2. The van der Waals surface area contributed by atoms with Gasteiger partial charge in [-0.3, -0.25) is 9.59 Å². The Morgan fingerprint density at radius 1 is 0.340 bits per heavy atom. The molecule has 1 saturated heterocycles. The Kier molecular flexibility index (Phi) is 49.0. The maximum atomic E-state index is 16.9. The van der Waals surface area contributed by atoms with Crippen LogP contribution in [-0.4, -0.2) is 129 Å². The van der Waals surface area contributed by atoms with Crippen LogP contribution in [0, 0.1) is 136 Å². The first-order chi connectivity index (χ1) is 44.5. The van der Waals surface area contributed by atoms with Gasteiger partial charge in [-0.2, -0.15) is 0 Å². The van der Waals surface area contributed by atoms with E-state index in [2.05, 4.69) is 187 Å².